The zero-order valence-corrected chi connectivity index (χ0v) is 15.8. The fourth-order valence-corrected chi connectivity index (χ4v) is 3.00. The van der Waals surface area contributed by atoms with Crippen LogP contribution in [-0.4, -0.2) is 34.9 Å². The van der Waals surface area contributed by atoms with Crippen molar-refractivity contribution in [2.24, 2.45) is 0 Å². The Labute approximate surface area is 169 Å². The normalized spacial score (nSPS) is 11.1. The van der Waals surface area contributed by atoms with Crippen molar-refractivity contribution >= 4 is 17.2 Å². The number of pyridine rings is 1. The Morgan fingerprint density at radius 3 is 2.79 bits per heavy atom. The molecule has 0 atom stereocenters. The fraction of sp³-hybridized carbons (Fsp3) is 0.0526. The van der Waals surface area contributed by atoms with Crippen LogP contribution in [0.15, 0.2) is 59.4 Å². The predicted molar refractivity (Wildman–Crippen MR) is 104 cm³/mol. The smallest absolute Gasteiger partial charge is 0.246 e. The van der Waals surface area contributed by atoms with Crippen molar-refractivity contribution in [2.45, 2.75) is 6.92 Å². The van der Waals surface area contributed by atoms with Crippen molar-refractivity contribution in [2.75, 3.05) is 0 Å². The van der Waals surface area contributed by atoms with Gasteiger partial charge in [0.05, 0.1) is 0 Å². The summed E-state index contributed by atoms with van der Waals surface area (Å²) in [6.07, 6.45) is 3.47. The molecule has 142 valence electrons. The first kappa shape index (κ1) is 17.3. The Morgan fingerprint density at radius 1 is 1.07 bits per heavy atom. The first-order valence-corrected chi connectivity index (χ1v) is 8.96. The summed E-state index contributed by atoms with van der Waals surface area (Å²) in [7, 11) is 0. The summed E-state index contributed by atoms with van der Waals surface area (Å²) in [6, 6.07) is 12.9. The Hall–Kier alpha value is -3.85. The van der Waals surface area contributed by atoms with E-state index in [2.05, 4.69) is 30.4 Å². The molecule has 0 aliphatic heterocycles. The highest BCUT2D eigenvalue weighted by atomic mass is 35.5. The van der Waals surface area contributed by atoms with E-state index in [0.717, 1.165) is 16.7 Å². The Morgan fingerprint density at radius 2 is 2.00 bits per heavy atom. The second-order valence-electron chi connectivity index (χ2n) is 6.10. The number of aryl methyl sites for hydroxylation is 1. The van der Waals surface area contributed by atoms with Gasteiger partial charge >= 0.3 is 0 Å². The van der Waals surface area contributed by atoms with Gasteiger partial charge in [-0.15, -0.1) is 15.3 Å². The molecule has 4 aromatic heterocycles. The molecule has 5 aromatic rings. The number of hydrogen-bond donors (Lipinski definition) is 0. The van der Waals surface area contributed by atoms with Crippen molar-refractivity contribution in [3.8, 4) is 34.1 Å². The minimum atomic E-state index is 0.147. The first-order chi connectivity index (χ1) is 14.2. The molecule has 10 heteroatoms. The topological polar surface area (TPSA) is 104 Å². The van der Waals surface area contributed by atoms with Gasteiger partial charge in [-0.25, -0.2) is 0 Å². The second kappa shape index (κ2) is 6.95. The maximum atomic E-state index is 6.11. The van der Waals surface area contributed by atoms with Gasteiger partial charge in [0, 0.05) is 42.1 Å². The summed E-state index contributed by atoms with van der Waals surface area (Å²) in [5.41, 5.74) is 2.99. The number of rotatable bonds is 4. The lowest BCUT2D eigenvalue weighted by Gasteiger charge is -2.12. The largest absolute Gasteiger partial charge is 0.437 e. The van der Waals surface area contributed by atoms with Gasteiger partial charge in [0.1, 0.15) is 5.75 Å². The van der Waals surface area contributed by atoms with Gasteiger partial charge in [0.2, 0.25) is 22.9 Å². The minimum absolute atomic E-state index is 0.147. The van der Waals surface area contributed by atoms with E-state index in [1.165, 1.54) is 4.52 Å². The van der Waals surface area contributed by atoms with E-state index in [0.29, 0.717) is 29.0 Å². The molecule has 0 radical (unpaired) electrons. The molecule has 0 fully saturated rings. The summed E-state index contributed by atoms with van der Waals surface area (Å²) >= 11 is 6.02. The number of ether oxygens (including phenoxy) is 1. The van der Waals surface area contributed by atoms with Crippen molar-refractivity contribution < 1.29 is 9.26 Å². The maximum Gasteiger partial charge on any atom is 0.246 e. The molecule has 1 aromatic carbocycles. The summed E-state index contributed by atoms with van der Waals surface area (Å²) < 4.78 is 12.6. The van der Waals surface area contributed by atoms with Crippen LogP contribution in [0, 0.1) is 6.92 Å². The average molecular weight is 406 g/mol. The van der Waals surface area contributed by atoms with Crippen molar-refractivity contribution in [3.05, 3.63) is 66.0 Å². The van der Waals surface area contributed by atoms with E-state index in [1.54, 1.807) is 31.5 Å². The maximum absolute atomic E-state index is 6.11. The fourth-order valence-electron chi connectivity index (χ4n) is 2.84. The highest BCUT2D eigenvalue weighted by molar-refractivity contribution is 6.28. The van der Waals surface area contributed by atoms with Gasteiger partial charge in [0.15, 0.2) is 5.65 Å². The number of aromatic nitrogens is 7. The standard InChI is InChI=1S/C19H12ClN7O2/c1-11-22-18(26-29-11)12-4-5-14(13-3-2-8-21-10-13)15(9-12)28-17-7-6-16-23-24-19(20)27(16)25-17/h2-10H,1H3. The zero-order valence-electron chi connectivity index (χ0n) is 15.0. The molecule has 0 saturated carbocycles. The van der Waals surface area contributed by atoms with Gasteiger partial charge in [-0.2, -0.15) is 9.50 Å². The Bertz CT molecular complexity index is 1320. The van der Waals surface area contributed by atoms with Crippen LogP contribution in [0.3, 0.4) is 0 Å². The molecular formula is C19H12ClN7O2. The van der Waals surface area contributed by atoms with E-state index in [-0.39, 0.29) is 5.28 Å². The first-order valence-electron chi connectivity index (χ1n) is 8.58. The van der Waals surface area contributed by atoms with Gasteiger partial charge < -0.3 is 9.26 Å². The SMILES string of the molecule is Cc1nc(-c2ccc(-c3cccnc3)c(Oc3ccc4nnc(Cl)n4n3)c2)no1. The van der Waals surface area contributed by atoms with Crippen molar-refractivity contribution in [1.29, 1.82) is 0 Å². The van der Waals surface area contributed by atoms with Crippen molar-refractivity contribution in [3.63, 3.8) is 0 Å². The molecule has 0 unspecified atom stereocenters. The van der Waals surface area contributed by atoms with E-state index >= 15 is 0 Å². The summed E-state index contributed by atoms with van der Waals surface area (Å²) in [5.74, 6) is 1.82. The lowest BCUT2D eigenvalue weighted by molar-refractivity contribution is 0.394. The molecule has 5 rings (SSSR count). The molecule has 0 aliphatic carbocycles. The molecular weight excluding hydrogens is 394 g/mol. The monoisotopic (exact) mass is 405 g/mol. The van der Waals surface area contributed by atoms with Crippen LogP contribution in [0.2, 0.25) is 5.28 Å². The van der Waals surface area contributed by atoms with Crippen LogP contribution in [-0.2, 0) is 0 Å². The van der Waals surface area contributed by atoms with Gasteiger partial charge in [0.25, 0.3) is 0 Å². The third kappa shape index (κ3) is 3.27. The highest BCUT2D eigenvalue weighted by Gasteiger charge is 2.14. The second-order valence-corrected chi connectivity index (χ2v) is 6.44. The molecule has 9 nitrogen and oxygen atoms in total. The summed E-state index contributed by atoms with van der Waals surface area (Å²) in [4.78, 5) is 8.47. The predicted octanol–water partition coefficient (Wildman–Crippen LogP) is 3.99. The minimum Gasteiger partial charge on any atom is -0.437 e. The molecule has 4 heterocycles. The third-order valence-electron chi connectivity index (χ3n) is 4.15. The molecule has 29 heavy (non-hydrogen) atoms. The van der Waals surface area contributed by atoms with Crippen LogP contribution in [0.1, 0.15) is 5.89 Å². The van der Waals surface area contributed by atoms with E-state index in [4.69, 9.17) is 20.9 Å². The highest BCUT2D eigenvalue weighted by Crippen LogP contribution is 2.35. The molecule has 0 aliphatic rings. The molecule has 0 N–H and O–H groups in total. The van der Waals surface area contributed by atoms with Crippen LogP contribution in [0.25, 0.3) is 28.2 Å². The van der Waals surface area contributed by atoms with E-state index in [9.17, 15) is 0 Å². The lowest BCUT2D eigenvalue weighted by atomic mass is 10.0. The molecule has 0 bridgehead atoms. The lowest BCUT2D eigenvalue weighted by Crippen LogP contribution is -1.97. The van der Waals surface area contributed by atoms with Gasteiger partial charge in [-0.05, 0) is 35.9 Å². The molecule has 0 saturated heterocycles. The Kier molecular flexibility index (Phi) is 4.14. The number of fused-ring (bicyclic) bond motifs is 1. The molecule has 0 amide bonds. The number of benzene rings is 1. The Balaban J connectivity index is 1.61. The quantitative estimate of drug-likeness (QED) is 0.442. The van der Waals surface area contributed by atoms with Crippen LogP contribution < -0.4 is 4.74 Å². The van der Waals surface area contributed by atoms with Crippen LogP contribution >= 0.6 is 11.6 Å². The van der Waals surface area contributed by atoms with Crippen LogP contribution in [0.5, 0.6) is 11.6 Å². The summed E-state index contributed by atoms with van der Waals surface area (Å²) in [5, 5.41) is 16.2. The van der Waals surface area contributed by atoms with E-state index in [1.807, 2.05) is 30.3 Å². The van der Waals surface area contributed by atoms with Crippen LogP contribution in [0.4, 0.5) is 0 Å². The molecule has 0 spiro atoms. The third-order valence-corrected chi connectivity index (χ3v) is 4.39. The number of hydrogen-bond acceptors (Lipinski definition) is 8. The zero-order chi connectivity index (χ0) is 19.8. The van der Waals surface area contributed by atoms with Crippen molar-refractivity contribution in [1.82, 2.24) is 34.9 Å². The average Bonchev–Trinajstić information content (AvgIpc) is 3.34. The number of nitrogens with zero attached hydrogens (tertiary/aromatic N) is 7. The summed E-state index contributed by atoms with van der Waals surface area (Å²) in [6.45, 7) is 1.74. The van der Waals surface area contributed by atoms with Gasteiger partial charge in [-0.1, -0.05) is 17.3 Å². The van der Waals surface area contributed by atoms with Gasteiger partial charge in [-0.3, -0.25) is 4.98 Å². The van der Waals surface area contributed by atoms with E-state index < -0.39 is 0 Å². The number of halogens is 1.